The van der Waals surface area contributed by atoms with Crippen LogP contribution < -0.4 is 5.32 Å². The summed E-state index contributed by atoms with van der Waals surface area (Å²) in [7, 11) is 0. The Morgan fingerprint density at radius 2 is 2.12 bits per heavy atom. The van der Waals surface area contributed by atoms with Crippen LogP contribution in [0.25, 0.3) is 0 Å². The average Bonchev–Trinajstić information content (AvgIpc) is 2.70. The number of nitrogens with zero attached hydrogens (tertiary/aromatic N) is 1. The van der Waals surface area contributed by atoms with E-state index in [2.05, 4.69) is 10.3 Å². The predicted molar refractivity (Wildman–Crippen MR) is 62.9 cm³/mol. The molecular formula is C13H15FN2O. The molecule has 2 rings (SSSR count). The van der Waals surface area contributed by atoms with Crippen molar-refractivity contribution in [3.8, 4) is 0 Å². The number of hydrogen-bond donors (Lipinski definition) is 1. The summed E-state index contributed by atoms with van der Waals surface area (Å²) in [5, 5.41) is 3.20. The van der Waals surface area contributed by atoms with Gasteiger partial charge in [0.15, 0.2) is 0 Å². The average molecular weight is 234 g/mol. The number of benzene rings is 1. The topological polar surface area (TPSA) is 38.1 Å². The van der Waals surface area contributed by atoms with Crippen molar-refractivity contribution in [3.63, 3.8) is 0 Å². The Morgan fingerprint density at radius 3 is 2.76 bits per heavy atom. The molecule has 1 heterocycles. The zero-order valence-electron chi connectivity index (χ0n) is 9.96. The van der Waals surface area contributed by atoms with Crippen LogP contribution in [0, 0.1) is 19.7 Å². The highest BCUT2D eigenvalue weighted by atomic mass is 19.1. The second kappa shape index (κ2) is 5.10. The number of halogens is 1. The molecule has 0 fully saturated rings. The summed E-state index contributed by atoms with van der Waals surface area (Å²) < 4.78 is 18.4. The molecule has 90 valence electrons. The number of nitrogens with one attached hydrogen (secondary N) is 1. The molecule has 0 spiro atoms. The molecule has 4 heteroatoms. The van der Waals surface area contributed by atoms with Crippen LogP contribution in [0.2, 0.25) is 0 Å². The molecule has 0 unspecified atom stereocenters. The lowest BCUT2D eigenvalue weighted by molar-refractivity contribution is 0.449. The van der Waals surface area contributed by atoms with E-state index in [0.717, 1.165) is 11.3 Å². The van der Waals surface area contributed by atoms with Crippen molar-refractivity contribution < 1.29 is 8.81 Å². The summed E-state index contributed by atoms with van der Waals surface area (Å²) in [4.78, 5) is 4.09. The number of hydrogen-bond acceptors (Lipinski definition) is 3. The first-order chi connectivity index (χ1) is 8.15. The lowest BCUT2D eigenvalue weighted by Gasteiger charge is -2.04. The lowest BCUT2D eigenvalue weighted by atomic mass is 10.1. The van der Waals surface area contributed by atoms with Gasteiger partial charge in [-0.05, 0) is 31.0 Å². The summed E-state index contributed by atoms with van der Waals surface area (Å²) in [5.41, 5.74) is 1.71. The minimum Gasteiger partial charge on any atom is -0.445 e. The SMILES string of the molecule is Cc1cnc(CNCc2ccc(F)c(C)c2)o1. The van der Waals surface area contributed by atoms with Gasteiger partial charge < -0.3 is 9.73 Å². The third-order valence-corrected chi connectivity index (χ3v) is 2.50. The van der Waals surface area contributed by atoms with Crippen molar-refractivity contribution in [1.82, 2.24) is 10.3 Å². The van der Waals surface area contributed by atoms with E-state index in [1.807, 2.05) is 13.0 Å². The fourth-order valence-corrected chi connectivity index (χ4v) is 1.61. The molecule has 0 saturated heterocycles. The molecule has 3 nitrogen and oxygen atoms in total. The van der Waals surface area contributed by atoms with E-state index in [-0.39, 0.29) is 5.82 Å². The van der Waals surface area contributed by atoms with Gasteiger partial charge in [0.05, 0.1) is 12.7 Å². The minimum atomic E-state index is -0.169. The van der Waals surface area contributed by atoms with E-state index in [4.69, 9.17) is 4.42 Å². The summed E-state index contributed by atoms with van der Waals surface area (Å²) in [6.45, 7) is 4.86. The second-order valence-corrected chi connectivity index (χ2v) is 4.05. The minimum absolute atomic E-state index is 0.169. The Bertz CT molecular complexity index is 508. The van der Waals surface area contributed by atoms with Crippen LogP contribution in [0.3, 0.4) is 0 Å². The molecule has 0 bridgehead atoms. The van der Waals surface area contributed by atoms with Gasteiger partial charge in [0.1, 0.15) is 11.6 Å². The van der Waals surface area contributed by atoms with Crippen molar-refractivity contribution >= 4 is 0 Å². The molecule has 0 aliphatic rings. The number of rotatable bonds is 4. The maximum absolute atomic E-state index is 13.0. The van der Waals surface area contributed by atoms with Crippen molar-refractivity contribution in [2.45, 2.75) is 26.9 Å². The Kier molecular flexibility index (Phi) is 3.54. The van der Waals surface area contributed by atoms with E-state index in [0.29, 0.717) is 24.5 Å². The monoisotopic (exact) mass is 234 g/mol. The maximum Gasteiger partial charge on any atom is 0.208 e. The van der Waals surface area contributed by atoms with E-state index >= 15 is 0 Å². The van der Waals surface area contributed by atoms with Crippen molar-refractivity contribution in [2.75, 3.05) is 0 Å². The van der Waals surface area contributed by atoms with Crippen LogP contribution >= 0.6 is 0 Å². The largest absolute Gasteiger partial charge is 0.445 e. The molecule has 0 amide bonds. The van der Waals surface area contributed by atoms with Gasteiger partial charge in [0.25, 0.3) is 0 Å². The van der Waals surface area contributed by atoms with Gasteiger partial charge in [-0.3, -0.25) is 0 Å². The first kappa shape index (κ1) is 11.8. The quantitative estimate of drug-likeness (QED) is 0.883. The molecule has 0 saturated carbocycles. The predicted octanol–water partition coefficient (Wildman–Crippen LogP) is 2.72. The van der Waals surface area contributed by atoms with Crippen LogP contribution in [0.1, 0.15) is 22.8 Å². The number of aryl methyl sites for hydroxylation is 2. The number of aromatic nitrogens is 1. The summed E-state index contributed by atoms with van der Waals surface area (Å²) in [6.07, 6.45) is 1.69. The standard InChI is InChI=1S/C13H15FN2O/c1-9-5-11(3-4-12(9)14)7-15-8-13-16-6-10(2)17-13/h3-6,15H,7-8H2,1-2H3. The first-order valence-electron chi connectivity index (χ1n) is 5.52. The van der Waals surface area contributed by atoms with Gasteiger partial charge in [-0.15, -0.1) is 0 Å². The fraction of sp³-hybridized carbons (Fsp3) is 0.308. The molecule has 0 aliphatic heterocycles. The van der Waals surface area contributed by atoms with Crippen LogP contribution in [-0.4, -0.2) is 4.98 Å². The smallest absolute Gasteiger partial charge is 0.208 e. The normalized spacial score (nSPS) is 10.8. The van der Waals surface area contributed by atoms with Crippen molar-refractivity contribution in [2.24, 2.45) is 0 Å². The zero-order valence-corrected chi connectivity index (χ0v) is 9.96. The van der Waals surface area contributed by atoms with Gasteiger partial charge in [-0.2, -0.15) is 0 Å². The van der Waals surface area contributed by atoms with Crippen LogP contribution in [0.4, 0.5) is 4.39 Å². The van der Waals surface area contributed by atoms with Crippen molar-refractivity contribution in [3.05, 3.63) is 53.0 Å². The highest BCUT2D eigenvalue weighted by Crippen LogP contribution is 2.09. The highest BCUT2D eigenvalue weighted by molar-refractivity contribution is 5.23. The fourth-order valence-electron chi connectivity index (χ4n) is 1.61. The molecule has 2 aromatic rings. The third kappa shape index (κ3) is 3.14. The van der Waals surface area contributed by atoms with Gasteiger partial charge in [-0.25, -0.2) is 9.37 Å². The van der Waals surface area contributed by atoms with Crippen LogP contribution in [0.15, 0.2) is 28.8 Å². The number of oxazole rings is 1. The summed E-state index contributed by atoms with van der Waals surface area (Å²) in [5.74, 6) is 1.30. The maximum atomic E-state index is 13.0. The van der Waals surface area contributed by atoms with Gasteiger partial charge in [0, 0.05) is 6.54 Å². The van der Waals surface area contributed by atoms with E-state index in [9.17, 15) is 4.39 Å². The molecule has 1 aromatic heterocycles. The zero-order chi connectivity index (χ0) is 12.3. The van der Waals surface area contributed by atoms with E-state index in [1.54, 1.807) is 19.2 Å². The van der Waals surface area contributed by atoms with Crippen LogP contribution in [-0.2, 0) is 13.1 Å². The van der Waals surface area contributed by atoms with Gasteiger partial charge in [-0.1, -0.05) is 12.1 Å². The summed E-state index contributed by atoms with van der Waals surface area (Å²) in [6, 6.07) is 5.10. The molecule has 0 aliphatic carbocycles. The first-order valence-corrected chi connectivity index (χ1v) is 5.52. The lowest BCUT2D eigenvalue weighted by Crippen LogP contribution is -2.13. The van der Waals surface area contributed by atoms with Gasteiger partial charge >= 0.3 is 0 Å². The van der Waals surface area contributed by atoms with Crippen molar-refractivity contribution in [1.29, 1.82) is 0 Å². The highest BCUT2D eigenvalue weighted by Gasteiger charge is 2.01. The Morgan fingerprint density at radius 1 is 1.29 bits per heavy atom. The molecule has 17 heavy (non-hydrogen) atoms. The third-order valence-electron chi connectivity index (χ3n) is 2.50. The molecule has 1 aromatic carbocycles. The second-order valence-electron chi connectivity index (χ2n) is 4.05. The molecule has 0 radical (unpaired) electrons. The molecule has 1 N–H and O–H groups in total. The molecular weight excluding hydrogens is 219 g/mol. The Labute approximate surface area is 99.7 Å². The Balaban J connectivity index is 1.87. The van der Waals surface area contributed by atoms with Gasteiger partial charge in [0.2, 0.25) is 5.89 Å². The Hall–Kier alpha value is -1.68. The van der Waals surface area contributed by atoms with E-state index < -0.39 is 0 Å². The van der Waals surface area contributed by atoms with Crippen LogP contribution in [0.5, 0.6) is 0 Å². The summed E-state index contributed by atoms with van der Waals surface area (Å²) >= 11 is 0. The van der Waals surface area contributed by atoms with E-state index in [1.165, 1.54) is 6.07 Å². The molecule has 0 atom stereocenters.